The minimum atomic E-state index is -0.722. The number of rotatable bonds is 6. The molecule has 23 heavy (non-hydrogen) atoms. The second kappa shape index (κ2) is 7.84. The van der Waals surface area contributed by atoms with Crippen LogP contribution < -0.4 is 10.1 Å². The Morgan fingerprint density at radius 1 is 1.57 bits per heavy atom. The van der Waals surface area contributed by atoms with Crippen LogP contribution in [0.1, 0.15) is 13.8 Å². The molecule has 0 aromatic carbocycles. The zero-order valence-electron chi connectivity index (χ0n) is 12.7. The number of nitrogens with zero attached hydrogens (tertiary/aromatic N) is 3. The monoisotopic (exact) mass is 340 g/mol. The van der Waals surface area contributed by atoms with Crippen LogP contribution in [0.4, 0.5) is 14.3 Å². The number of carbonyl (C=O) groups is 1. The summed E-state index contributed by atoms with van der Waals surface area (Å²) in [5.74, 6) is -0.737. The van der Waals surface area contributed by atoms with E-state index in [-0.39, 0.29) is 18.3 Å². The molecular weight excluding hydrogens is 323 g/mol. The lowest BCUT2D eigenvalue weighted by Gasteiger charge is -2.21. The molecule has 2 N–H and O–H groups in total. The second-order valence-electron chi connectivity index (χ2n) is 4.70. The molecule has 0 aliphatic carbocycles. The summed E-state index contributed by atoms with van der Waals surface area (Å²) in [5, 5.41) is 12.6. The smallest absolute Gasteiger partial charge is 0.323 e. The third kappa shape index (κ3) is 4.86. The van der Waals surface area contributed by atoms with Crippen LogP contribution in [0.3, 0.4) is 0 Å². The van der Waals surface area contributed by atoms with E-state index >= 15 is 0 Å². The highest BCUT2D eigenvalue weighted by Gasteiger charge is 2.16. The predicted octanol–water partition coefficient (Wildman–Crippen LogP) is 2.70. The zero-order valence-corrected chi connectivity index (χ0v) is 13.5. The number of hydrogen-bond acceptors (Lipinski definition) is 6. The van der Waals surface area contributed by atoms with Crippen LogP contribution in [0.2, 0.25) is 0 Å². The number of nitrogens with one attached hydrogen (secondary N) is 1. The molecule has 0 spiro atoms. The van der Waals surface area contributed by atoms with E-state index in [4.69, 9.17) is 4.74 Å². The lowest BCUT2D eigenvalue weighted by atomic mass is 10.4. The number of aliphatic hydroxyl groups is 1. The van der Waals surface area contributed by atoms with Gasteiger partial charge in [0.25, 0.3) is 5.95 Å². The molecule has 124 valence electrons. The van der Waals surface area contributed by atoms with Gasteiger partial charge in [0.15, 0.2) is 10.9 Å². The maximum Gasteiger partial charge on any atom is 0.323 e. The summed E-state index contributed by atoms with van der Waals surface area (Å²) in [7, 11) is 0. The van der Waals surface area contributed by atoms with E-state index in [0.717, 1.165) is 11.3 Å². The molecule has 0 aliphatic heterocycles. The van der Waals surface area contributed by atoms with Crippen LogP contribution in [0.25, 0.3) is 0 Å². The number of anilines is 1. The lowest BCUT2D eigenvalue weighted by molar-refractivity contribution is 0.141. The number of carbonyl (C=O) groups excluding carboxylic acids is 1. The molecule has 9 heteroatoms. The minimum Gasteiger partial charge on any atom is -0.440 e. The highest BCUT2D eigenvalue weighted by atomic mass is 32.1. The SMILES string of the molecule is CCN(C[C@H](C)O)C(=O)Nc1ncc(Oc2cccnc2F)s1. The first kappa shape index (κ1) is 17.1. The van der Waals surface area contributed by atoms with E-state index in [9.17, 15) is 14.3 Å². The maximum atomic E-state index is 13.4. The van der Waals surface area contributed by atoms with E-state index in [1.807, 2.05) is 6.92 Å². The minimum absolute atomic E-state index is 0.0154. The largest absolute Gasteiger partial charge is 0.440 e. The third-order valence-electron chi connectivity index (χ3n) is 2.79. The van der Waals surface area contributed by atoms with Gasteiger partial charge in [-0.3, -0.25) is 5.32 Å². The van der Waals surface area contributed by atoms with Crippen molar-refractivity contribution >= 4 is 22.5 Å². The molecule has 0 saturated carbocycles. The summed E-state index contributed by atoms with van der Waals surface area (Å²) in [6.45, 7) is 4.08. The lowest BCUT2D eigenvalue weighted by Crippen LogP contribution is -2.39. The molecule has 1 atom stereocenters. The topological polar surface area (TPSA) is 87.6 Å². The van der Waals surface area contributed by atoms with Crippen LogP contribution in [-0.4, -0.2) is 45.2 Å². The summed E-state index contributed by atoms with van der Waals surface area (Å²) in [6, 6.07) is 2.63. The summed E-state index contributed by atoms with van der Waals surface area (Å²) in [4.78, 5) is 21.0. The van der Waals surface area contributed by atoms with Crippen molar-refractivity contribution in [1.82, 2.24) is 14.9 Å². The van der Waals surface area contributed by atoms with Crippen LogP contribution >= 0.6 is 11.3 Å². The van der Waals surface area contributed by atoms with Gasteiger partial charge >= 0.3 is 6.03 Å². The maximum absolute atomic E-state index is 13.4. The second-order valence-corrected chi connectivity index (χ2v) is 5.69. The van der Waals surface area contributed by atoms with Crippen molar-refractivity contribution < 1.29 is 19.0 Å². The number of hydrogen-bond donors (Lipinski definition) is 2. The summed E-state index contributed by atoms with van der Waals surface area (Å²) < 4.78 is 18.7. The van der Waals surface area contributed by atoms with Crippen molar-refractivity contribution in [2.24, 2.45) is 0 Å². The van der Waals surface area contributed by atoms with Gasteiger partial charge in [0.05, 0.1) is 12.3 Å². The molecule has 2 amide bonds. The van der Waals surface area contributed by atoms with E-state index in [0.29, 0.717) is 16.7 Å². The Bertz CT molecular complexity index is 665. The molecule has 0 radical (unpaired) electrons. The zero-order chi connectivity index (χ0) is 16.8. The van der Waals surface area contributed by atoms with Gasteiger partial charge in [0.1, 0.15) is 0 Å². The fourth-order valence-electron chi connectivity index (χ4n) is 1.77. The summed E-state index contributed by atoms with van der Waals surface area (Å²) >= 11 is 1.06. The van der Waals surface area contributed by atoms with Crippen molar-refractivity contribution in [3.8, 4) is 10.8 Å². The number of pyridine rings is 1. The predicted molar refractivity (Wildman–Crippen MR) is 84.3 cm³/mol. The van der Waals surface area contributed by atoms with Crippen LogP contribution in [0, 0.1) is 5.95 Å². The molecule has 2 heterocycles. The number of thiazole rings is 1. The Kier molecular flexibility index (Phi) is 5.83. The molecule has 0 unspecified atom stereocenters. The van der Waals surface area contributed by atoms with E-state index < -0.39 is 12.1 Å². The van der Waals surface area contributed by atoms with Gasteiger partial charge in [-0.2, -0.15) is 4.39 Å². The summed E-state index contributed by atoms with van der Waals surface area (Å²) in [6.07, 6.45) is 2.09. The summed E-state index contributed by atoms with van der Waals surface area (Å²) in [5.41, 5.74) is 0. The Morgan fingerprint density at radius 2 is 2.35 bits per heavy atom. The molecule has 0 fully saturated rings. The van der Waals surface area contributed by atoms with Crippen molar-refractivity contribution in [3.05, 3.63) is 30.5 Å². The average Bonchev–Trinajstić information content (AvgIpc) is 2.94. The van der Waals surface area contributed by atoms with Gasteiger partial charge in [0, 0.05) is 19.3 Å². The molecular formula is C14H17FN4O3S. The van der Waals surface area contributed by atoms with E-state index in [1.54, 1.807) is 13.0 Å². The first-order valence-corrected chi connectivity index (χ1v) is 7.79. The molecule has 2 rings (SSSR count). The molecule has 0 saturated heterocycles. The fraction of sp³-hybridized carbons (Fsp3) is 0.357. The number of aliphatic hydroxyl groups excluding tert-OH is 1. The standard InChI is InChI=1S/C14H17FN4O3S/c1-3-19(8-9(2)20)14(21)18-13-17-7-11(23-13)22-10-5-4-6-16-12(10)15/h4-7,9,20H,3,8H2,1-2H3,(H,17,18,21)/t9-/m0/s1. The molecule has 2 aromatic rings. The van der Waals surface area contributed by atoms with Crippen molar-refractivity contribution in [2.45, 2.75) is 20.0 Å². The Hall–Kier alpha value is -2.26. The molecule has 0 bridgehead atoms. The first-order chi connectivity index (χ1) is 11.0. The fourth-order valence-corrected chi connectivity index (χ4v) is 2.44. The van der Waals surface area contributed by atoms with Crippen molar-refractivity contribution in [1.29, 1.82) is 0 Å². The Morgan fingerprint density at radius 3 is 3.00 bits per heavy atom. The highest BCUT2D eigenvalue weighted by Crippen LogP contribution is 2.31. The average molecular weight is 340 g/mol. The van der Waals surface area contributed by atoms with Gasteiger partial charge in [-0.1, -0.05) is 11.3 Å². The van der Waals surface area contributed by atoms with Gasteiger partial charge in [-0.25, -0.2) is 14.8 Å². The molecule has 7 nitrogen and oxygen atoms in total. The number of ether oxygens (including phenoxy) is 1. The normalized spacial score (nSPS) is 11.8. The third-order valence-corrected chi connectivity index (χ3v) is 3.58. The first-order valence-electron chi connectivity index (χ1n) is 6.97. The number of amides is 2. The Labute approximate surface area is 136 Å². The number of likely N-dealkylation sites (N-methyl/N-ethyl adjacent to an activating group) is 1. The highest BCUT2D eigenvalue weighted by molar-refractivity contribution is 7.17. The van der Waals surface area contributed by atoms with E-state index in [1.165, 1.54) is 23.4 Å². The van der Waals surface area contributed by atoms with Gasteiger partial charge < -0.3 is 14.7 Å². The van der Waals surface area contributed by atoms with Gasteiger partial charge in [-0.05, 0) is 26.0 Å². The number of aromatic nitrogens is 2. The molecule has 0 aliphatic rings. The quantitative estimate of drug-likeness (QED) is 0.790. The van der Waals surface area contributed by atoms with Crippen LogP contribution in [0.5, 0.6) is 10.8 Å². The van der Waals surface area contributed by atoms with Crippen molar-refractivity contribution in [2.75, 3.05) is 18.4 Å². The molecule has 2 aromatic heterocycles. The van der Waals surface area contributed by atoms with Crippen LogP contribution in [0.15, 0.2) is 24.5 Å². The van der Waals surface area contributed by atoms with E-state index in [2.05, 4.69) is 15.3 Å². The van der Waals surface area contributed by atoms with Gasteiger partial charge in [-0.15, -0.1) is 0 Å². The Balaban J connectivity index is 1.99. The van der Waals surface area contributed by atoms with Crippen LogP contribution in [-0.2, 0) is 0 Å². The number of urea groups is 1. The number of halogens is 1. The van der Waals surface area contributed by atoms with Crippen molar-refractivity contribution in [3.63, 3.8) is 0 Å². The van der Waals surface area contributed by atoms with Gasteiger partial charge in [0.2, 0.25) is 5.06 Å².